The minimum atomic E-state index is 0.345. The topological polar surface area (TPSA) is 25.2 Å². The van der Waals surface area contributed by atoms with Gasteiger partial charge in [-0.05, 0) is 19.9 Å². The van der Waals surface area contributed by atoms with Crippen LogP contribution >= 0.6 is 0 Å². The molecule has 1 N–H and O–H groups in total. The molecule has 0 bridgehead atoms. The van der Waals surface area contributed by atoms with Crippen molar-refractivity contribution in [2.45, 2.75) is 26.3 Å². The summed E-state index contributed by atoms with van der Waals surface area (Å²) < 4.78 is 5.00. The van der Waals surface area contributed by atoms with Crippen molar-refractivity contribution in [3.8, 4) is 11.8 Å². The third-order valence-corrected chi connectivity index (χ3v) is 1.92. The molecule has 0 spiro atoms. The van der Waals surface area contributed by atoms with Crippen LogP contribution in [-0.4, -0.2) is 6.54 Å². The van der Waals surface area contributed by atoms with Crippen molar-refractivity contribution in [1.82, 2.24) is 5.32 Å². The summed E-state index contributed by atoms with van der Waals surface area (Å²) >= 11 is 0. The maximum Gasteiger partial charge on any atom is 0.0950 e. The Labute approximate surface area is 79.3 Å². The molecule has 13 heavy (non-hydrogen) atoms. The SMILES string of the molecule is CC#CCCNC(C)c1ccoc1. The van der Waals surface area contributed by atoms with Gasteiger partial charge in [-0.25, -0.2) is 0 Å². The van der Waals surface area contributed by atoms with E-state index in [0.29, 0.717) is 6.04 Å². The normalized spacial score (nSPS) is 11.8. The molecule has 1 atom stereocenters. The number of rotatable bonds is 4. The van der Waals surface area contributed by atoms with E-state index in [2.05, 4.69) is 24.1 Å². The van der Waals surface area contributed by atoms with E-state index in [1.165, 1.54) is 5.56 Å². The first-order valence-corrected chi connectivity index (χ1v) is 4.49. The highest BCUT2D eigenvalue weighted by atomic mass is 16.3. The van der Waals surface area contributed by atoms with Crippen molar-refractivity contribution < 1.29 is 4.42 Å². The number of hydrogen-bond donors (Lipinski definition) is 1. The summed E-state index contributed by atoms with van der Waals surface area (Å²) in [7, 11) is 0. The molecule has 2 nitrogen and oxygen atoms in total. The second kappa shape index (κ2) is 5.45. The maximum absolute atomic E-state index is 5.00. The lowest BCUT2D eigenvalue weighted by molar-refractivity contribution is 0.542. The first-order valence-electron chi connectivity index (χ1n) is 4.49. The molecule has 1 rings (SSSR count). The Morgan fingerprint density at radius 3 is 3.08 bits per heavy atom. The van der Waals surface area contributed by atoms with Crippen LogP contribution in [0.15, 0.2) is 23.0 Å². The number of furan rings is 1. The van der Waals surface area contributed by atoms with Crippen LogP contribution in [0.2, 0.25) is 0 Å². The van der Waals surface area contributed by atoms with Crippen molar-refractivity contribution in [3.63, 3.8) is 0 Å². The van der Waals surface area contributed by atoms with Crippen molar-refractivity contribution in [3.05, 3.63) is 24.2 Å². The molecule has 2 heteroatoms. The molecule has 0 saturated carbocycles. The van der Waals surface area contributed by atoms with Crippen LogP contribution in [0, 0.1) is 11.8 Å². The number of nitrogens with one attached hydrogen (secondary N) is 1. The Hall–Kier alpha value is -1.20. The molecular weight excluding hydrogens is 162 g/mol. The minimum Gasteiger partial charge on any atom is -0.472 e. The van der Waals surface area contributed by atoms with Gasteiger partial charge < -0.3 is 9.73 Å². The van der Waals surface area contributed by atoms with Crippen LogP contribution < -0.4 is 5.32 Å². The molecule has 0 fully saturated rings. The highest BCUT2D eigenvalue weighted by Gasteiger charge is 2.03. The van der Waals surface area contributed by atoms with Gasteiger partial charge in [0.2, 0.25) is 0 Å². The lowest BCUT2D eigenvalue weighted by Crippen LogP contribution is -2.18. The van der Waals surface area contributed by atoms with Crippen LogP contribution in [0.3, 0.4) is 0 Å². The third kappa shape index (κ3) is 3.35. The molecule has 1 aromatic heterocycles. The first-order chi connectivity index (χ1) is 6.34. The van der Waals surface area contributed by atoms with E-state index < -0.39 is 0 Å². The van der Waals surface area contributed by atoms with Gasteiger partial charge in [0.15, 0.2) is 0 Å². The second-order valence-corrected chi connectivity index (χ2v) is 2.91. The average Bonchev–Trinajstić information content (AvgIpc) is 2.65. The summed E-state index contributed by atoms with van der Waals surface area (Å²) in [5.74, 6) is 5.88. The third-order valence-electron chi connectivity index (χ3n) is 1.92. The monoisotopic (exact) mass is 177 g/mol. The molecule has 1 unspecified atom stereocenters. The minimum absolute atomic E-state index is 0.345. The Balaban J connectivity index is 2.25. The fraction of sp³-hybridized carbons (Fsp3) is 0.455. The van der Waals surface area contributed by atoms with Gasteiger partial charge in [-0.3, -0.25) is 0 Å². The van der Waals surface area contributed by atoms with Gasteiger partial charge in [-0.2, -0.15) is 0 Å². The van der Waals surface area contributed by atoms with Crippen molar-refractivity contribution >= 4 is 0 Å². The second-order valence-electron chi connectivity index (χ2n) is 2.91. The number of hydrogen-bond acceptors (Lipinski definition) is 2. The molecule has 0 aliphatic carbocycles. The molecule has 0 aliphatic rings. The van der Waals surface area contributed by atoms with E-state index in [-0.39, 0.29) is 0 Å². The van der Waals surface area contributed by atoms with E-state index >= 15 is 0 Å². The molecular formula is C11H15NO. The molecule has 0 aromatic carbocycles. The lowest BCUT2D eigenvalue weighted by atomic mass is 10.2. The lowest BCUT2D eigenvalue weighted by Gasteiger charge is -2.09. The quantitative estimate of drug-likeness (QED) is 0.564. The van der Waals surface area contributed by atoms with Gasteiger partial charge in [0.25, 0.3) is 0 Å². The van der Waals surface area contributed by atoms with Crippen LogP contribution in [0.5, 0.6) is 0 Å². The largest absolute Gasteiger partial charge is 0.472 e. The summed E-state index contributed by atoms with van der Waals surface area (Å²) in [6.07, 6.45) is 4.36. The van der Waals surface area contributed by atoms with Gasteiger partial charge in [-0.1, -0.05) is 0 Å². The summed E-state index contributed by atoms with van der Waals surface area (Å²) in [5.41, 5.74) is 1.18. The van der Waals surface area contributed by atoms with Crippen LogP contribution in [-0.2, 0) is 0 Å². The summed E-state index contributed by atoms with van der Waals surface area (Å²) in [6, 6.07) is 2.32. The van der Waals surface area contributed by atoms with Gasteiger partial charge in [-0.15, -0.1) is 11.8 Å². The smallest absolute Gasteiger partial charge is 0.0950 e. The molecule has 0 saturated heterocycles. The zero-order valence-electron chi connectivity index (χ0n) is 8.13. The van der Waals surface area contributed by atoms with Gasteiger partial charge >= 0.3 is 0 Å². The zero-order valence-corrected chi connectivity index (χ0v) is 8.13. The Morgan fingerprint density at radius 2 is 2.46 bits per heavy atom. The molecule has 1 aromatic rings. The zero-order chi connectivity index (χ0) is 9.52. The predicted octanol–water partition coefficient (Wildman–Crippen LogP) is 2.34. The highest BCUT2D eigenvalue weighted by Crippen LogP contribution is 2.11. The standard InChI is InChI=1S/C11H15NO/c1-3-4-5-7-12-10(2)11-6-8-13-9-11/h6,8-10,12H,5,7H2,1-2H3. The summed E-state index contributed by atoms with van der Waals surface area (Å²) in [5, 5.41) is 3.36. The molecule has 1 heterocycles. The van der Waals surface area contributed by atoms with Gasteiger partial charge in [0.05, 0.1) is 12.5 Å². The first kappa shape index (κ1) is 9.88. The van der Waals surface area contributed by atoms with Gasteiger partial charge in [0.1, 0.15) is 0 Å². The Bertz CT molecular complexity index is 279. The van der Waals surface area contributed by atoms with Crippen molar-refractivity contribution in [2.24, 2.45) is 0 Å². The molecule has 0 aliphatic heterocycles. The summed E-state index contributed by atoms with van der Waals surface area (Å²) in [6.45, 7) is 4.90. The highest BCUT2D eigenvalue weighted by molar-refractivity contribution is 5.10. The maximum atomic E-state index is 5.00. The fourth-order valence-electron chi connectivity index (χ4n) is 1.12. The summed E-state index contributed by atoms with van der Waals surface area (Å²) in [4.78, 5) is 0. The fourth-order valence-corrected chi connectivity index (χ4v) is 1.12. The molecule has 70 valence electrons. The van der Waals surface area contributed by atoms with Crippen LogP contribution in [0.4, 0.5) is 0 Å². The van der Waals surface area contributed by atoms with E-state index in [1.54, 1.807) is 12.5 Å². The van der Waals surface area contributed by atoms with Crippen molar-refractivity contribution in [1.29, 1.82) is 0 Å². The van der Waals surface area contributed by atoms with E-state index in [1.807, 2.05) is 13.0 Å². The van der Waals surface area contributed by atoms with Gasteiger partial charge in [0, 0.05) is 24.6 Å². The van der Waals surface area contributed by atoms with E-state index in [9.17, 15) is 0 Å². The van der Waals surface area contributed by atoms with E-state index in [4.69, 9.17) is 4.42 Å². The van der Waals surface area contributed by atoms with Crippen LogP contribution in [0.1, 0.15) is 31.9 Å². The van der Waals surface area contributed by atoms with E-state index in [0.717, 1.165) is 13.0 Å². The average molecular weight is 177 g/mol. The molecule has 0 amide bonds. The Kier molecular flexibility index (Phi) is 4.14. The predicted molar refractivity (Wildman–Crippen MR) is 53.2 cm³/mol. The molecule has 0 radical (unpaired) electrons. The van der Waals surface area contributed by atoms with Crippen LogP contribution in [0.25, 0.3) is 0 Å². The Morgan fingerprint density at radius 1 is 1.62 bits per heavy atom. The van der Waals surface area contributed by atoms with Crippen molar-refractivity contribution in [2.75, 3.05) is 6.54 Å².